The van der Waals surface area contributed by atoms with Crippen molar-refractivity contribution in [1.29, 1.82) is 0 Å². The van der Waals surface area contributed by atoms with Gasteiger partial charge >= 0.3 is 0 Å². The highest BCUT2D eigenvalue weighted by molar-refractivity contribution is 5.85. The molecule has 1 aromatic rings. The molecular weight excluding hydrogens is 308 g/mol. The minimum atomic E-state index is 0. The smallest absolute Gasteiger partial charge is 0.220 e. The zero-order chi connectivity index (χ0) is 15.9. The van der Waals surface area contributed by atoms with Crippen molar-refractivity contribution >= 4 is 18.3 Å². The van der Waals surface area contributed by atoms with Crippen LogP contribution in [0.4, 0.5) is 0 Å². The van der Waals surface area contributed by atoms with Crippen LogP contribution in [0.2, 0.25) is 0 Å². The molecule has 0 bridgehead atoms. The molecule has 0 radical (unpaired) electrons. The minimum absolute atomic E-state index is 0. The molecule has 0 aromatic heterocycles. The van der Waals surface area contributed by atoms with E-state index in [0.717, 1.165) is 19.5 Å². The molecule has 2 N–H and O–H groups in total. The van der Waals surface area contributed by atoms with E-state index in [4.69, 9.17) is 0 Å². The standard InChI is InChI=1S/C19H28N2O.ClH/c1-14(2)17-4-6-18(7-5-17)15(3)12-19(22)21-13-16-8-10-20-11-9-16;/h4-8,14-15,20H,9-13H2,1-3H3,(H,21,22);1H. The van der Waals surface area contributed by atoms with Gasteiger partial charge in [-0.3, -0.25) is 4.79 Å². The van der Waals surface area contributed by atoms with Crippen molar-refractivity contribution in [2.45, 2.75) is 45.4 Å². The number of hydrogen-bond donors (Lipinski definition) is 2. The average Bonchev–Trinajstić information content (AvgIpc) is 2.54. The molecule has 0 spiro atoms. The Hall–Kier alpha value is -1.32. The summed E-state index contributed by atoms with van der Waals surface area (Å²) < 4.78 is 0. The molecule has 0 aliphatic carbocycles. The van der Waals surface area contributed by atoms with E-state index in [1.807, 2.05) is 0 Å². The number of carbonyl (C=O) groups is 1. The lowest BCUT2D eigenvalue weighted by Gasteiger charge is -2.16. The van der Waals surface area contributed by atoms with E-state index in [0.29, 0.717) is 18.9 Å². The normalized spacial score (nSPS) is 15.6. The Bertz CT molecular complexity index is 523. The van der Waals surface area contributed by atoms with E-state index in [9.17, 15) is 4.79 Å². The number of amides is 1. The Kier molecular flexibility index (Phi) is 8.35. The summed E-state index contributed by atoms with van der Waals surface area (Å²) in [4.78, 5) is 12.1. The van der Waals surface area contributed by atoms with Crippen molar-refractivity contribution in [3.05, 3.63) is 47.0 Å². The van der Waals surface area contributed by atoms with Crippen molar-refractivity contribution in [2.24, 2.45) is 0 Å². The molecule has 3 nitrogen and oxygen atoms in total. The highest BCUT2D eigenvalue weighted by atomic mass is 35.5. The lowest BCUT2D eigenvalue weighted by atomic mass is 9.94. The molecule has 1 aliphatic heterocycles. The van der Waals surface area contributed by atoms with Crippen LogP contribution < -0.4 is 10.6 Å². The van der Waals surface area contributed by atoms with E-state index < -0.39 is 0 Å². The molecule has 23 heavy (non-hydrogen) atoms. The summed E-state index contributed by atoms with van der Waals surface area (Å²) in [6.07, 6.45) is 3.76. The zero-order valence-corrected chi connectivity index (χ0v) is 15.2. The predicted molar refractivity (Wildman–Crippen MR) is 99.4 cm³/mol. The molecule has 128 valence electrons. The number of nitrogens with one attached hydrogen (secondary N) is 2. The van der Waals surface area contributed by atoms with Gasteiger partial charge in [-0.1, -0.05) is 56.7 Å². The fourth-order valence-electron chi connectivity index (χ4n) is 2.72. The third kappa shape index (κ3) is 6.36. The fourth-order valence-corrected chi connectivity index (χ4v) is 2.72. The lowest BCUT2D eigenvalue weighted by Crippen LogP contribution is -2.30. The van der Waals surface area contributed by atoms with Crippen molar-refractivity contribution in [2.75, 3.05) is 19.6 Å². The van der Waals surface area contributed by atoms with Crippen LogP contribution in [-0.2, 0) is 4.79 Å². The monoisotopic (exact) mass is 336 g/mol. The van der Waals surface area contributed by atoms with Gasteiger partial charge in [-0.15, -0.1) is 12.4 Å². The van der Waals surface area contributed by atoms with Crippen molar-refractivity contribution in [3.8, 4) is 0 Å². The lowest BCUT2D eigenvalue weighted by molar-refractivity contribution is -0.121. The van der Waals surface area contributed by atoms with Crippen LogP contribution in [0, 0.1) is 0 Å². The Morgan fingerprint density at radius 2 is 1.83 bits per heavy atom. The van der Waals surface area contributed by atoms with Crippen LogP contribution in [0.3, 0.4) is 0 Å². The van der Waals surface area contributed by atoms with Crippen LogP contribution in [0.25, 0.3) is 0 Å². The molecule has 4 heteroatoms. The van der Waals surface area contributed by atoms with Gasteiger partial charge in [-0.05, 0) is 35.9 Å². The van der Waals surface area contributed by atoms with Crippen molar-refractivity contribution < 1.29 is 4.79 Å². The molecule has 1 atom stereocenters. The van der Waals surface area contributed by atoms with Crippen molar-refractivity contribution in [3.63, 3.8) is 0 Å². The number of carbonyl (C=O) groups excluding carboxylic acids is 1. The quantitative estimate of drug-likeness (QED) is 0.776. The minimum Gasteiger partial charge on any atom is -0.352 e. The maximum Gasteiger partial charge on any atom is 0.220 e. The highest BCUT2D eigenvalue weighted by Crippen LogP contribution is 2.22. The Morgan fingerprint density at radius 1 is 1.17 bits per heavy atom. The molecular formula is C19H29ClN2O. The van der Waals surface area contributed by atoms with Gasteiger partial charge in [0.1, 0.15) is 0 Å². The Morgan fingerprint density at radius 3 is 2.39 bits per heavy atom. The summed E-state index contributed by atoms with van der Waals surface area (Å²) in [6, 6.07) is 8.66. The summed E-state index contributed by atoms with van der Waals surface area (Å²) in [6.45, 7) is 9.14. The zero-order valence-electron chi connectivity index (χ0n) is 14.4. The van der Waals surface area contributed by atoms with Gasteiger partial charge in [0.15, 0.2) is 0 Å². The van der Waals surface area contributed by atoms with E-state index >= 15 is 0 Å². The van der Waals surface area contributed by atoms with Crippen LogP contribution in [0.15, 0.2) is 35.9 Å². The first-order valence-electron chi connectivity index (χ1n) is 8.31. The molecule has 0 fully saturated rings. The van der Waals surface area contributed by atoms with Gasteiger partial charge in [0, 0.05) is 19.5 Å². The van der Waals surface area contributed by atoms with Gasteiger partial charge < -0.3 is 10.6 Å². The molecule has 0 saturated heterocycles. The topological polar surface area (TPSA) is 41.1 Å². The van der Waals surface area contributed by atoms with Crippen LogP contribution in [0.1, 0.15) is 56.6 Å². The molecule has 1 unspecified atom stereocenters. The van der Waals surface area contributed by atoms with Gasteiger partial charge in [0.05, 0.1) is 0 Å². The SMILES string of the molecule is CC(C)c1ccc(C(C)CC(=O)NCC2=CCNCC2)cc1.Cl. The molecule has 0 saturated carbocycles. The predicted octanol–water partition coefficient (Wildman–Crippen LogP) is 3.76. The van der Waals surface area contributed by atoms with E-state index in [1.54, 1.807) is 0 Å². The maximum absolute atomic E-state index is 12.1. The third-order valence-corrected chi connectivity index (χ3v) is 4.33. The molecule has 1 aliphatic rings. The third-order valence-electron chi connectivity index (χ3n) is 4.33. The van der Waals surface area contributed by atoms with E-state index in [1.165, 1.54) is 16.7 Å². The van der Waals surface area contributed by atoms with Crippen LogP contribution in [-0.4, -0.2) is 25.5 Å². The van der Waals surface area contributed by atoms with Gasteiger partial charge in [0.25, 0.3) is 0 Å². The average molecular weight is 337 g/mol. The first-order chi connectivity index (χ1) is 10.6. The first-order valence-corrected chi connectivity index (χ1v) is 8.31. The Labute approximate surface area is 146 Å². The number of halogens is 1. The second-order valence-corrected chi connectivity index (χ2v) is 6.52. The highest BCUT2D eigenvalue weighted by Gasteiger charge is 2.12. The number of benzene rings is 1. The van der Waals surface area contributed by atoms with Gasteiger partial charge in [-0.25, -0.2) is 0 Å². The van der Waals surface area contributed by atoms with Crippen LogP contribution >= 0.6 is 12.4 Å². The second kappa shape index (κ2) is 9.74. The molecule has 1 amide bonds. The van der Waals surface area contributed by atoms with Crippen molar-refractivity contribution in [1.82, 2.24) is 10.6 Å². The first kappa shape index (κ1) is 19.7. The van der Waals surface area contributed by atoms with Gasteiger partial charge in [-0.2, -0.15) is 0 Å². The van der Waals surface area contributed by atoms with E-state index in [2.05, 4.69) is 61.7 Å². The Balaban J connectivity index is 0.00000264. The summed E-state index contributed by atoms with van der Waals surface area (Å²) >= 11 is 0. The molecule has 1 aromatic carbocycles. The number of rotatable bonds is 6. The molecule has 2 rings (SSSR count). The summed E-state index contributed by atoms with van der Waals surface area (Å²) in [5.74, 6) is 0.939. The summed E-state index contributed by atoms with van der Waals surface area (Å²) in [5.41, 5.74) is 3.92. The molecule has 1 heterocycles. The summed E-state index contributed by atoms with van der Waals surface area (Å²) in [5, 5.41) is 6.33. The fraction of sp³-hybridized carbons (Fsp3) is 0.526. The summed E-state index contributed by atoms with van der Waals surface area (Å²) in [7, 11) is 0. The second-order valence-electron chi connectivity index (χ2n) is 6.52. The van der Waals surface area contributed by atoms with Crippen LogP contribution in [0.5, 0.6) is 0 Å². The van der Waals surface area contributed by atoms with E-state index in [-0.39, 0.29) is 24.2 Å². The number of hydrogen-bond acceptors (Lipinski definition) is 2. The van der Waals surface area contributed by atoms with Gasteiger partial charge in [0.2, 0.25) is 5.91 Å². The maximum atomic E-state index is 12.1. The largest absolute Gasteiger partial charge is 0.352 e.